The van der Waals surface area contributed by atoms with Crippen LogP contribution >= 0.6 is 0 Å². The van der Waals surface area contributed by atoms with E-state index < -0.39 is 11.4 Å². The number of rotatable bonds is 2. The lowest BCUT2D eigenvalue weighted by Gasteiger charge is -2.35. The van der Waals surface area contributed by atoms with E-state index in [4.69, 9.17) is 9.84 Å². The fraction of sp³-hybridized carbons (Fsp3) is 0.700. The zero-order valence-electron chi connectivity index (χ0n) is 15.0. The lowest BCUT2D eigenvalue weighted by molar-refractivity contribution is -0.153. The van der Waals surface area contributed by atoms with E-state index in [1.54, 1.807) is 0 Å². The summed E-state index contributed by atoms with van der Waals surface area (Å²) in [4.78, 5) is 22.6. The Balaban J connectivity index is 0.000000141. The van der Waals surface area contributed by atoms with E-state index >= 15 is 0 Å². The lowest BCUT2D eigenvalue weighted by atomic mass is 9.67. The van der Waals surface area contributed by atoms with Crippen molar-refractivity contribution < 1.29 is 19.4 Å². The largest absolute Gasteiger partial charge is 0.481 e. The van der Waals surface area contributed by atoms with Crippen molar-refractivity contribution >= 4 is 11.9 Å². The Morgan fingerprint density at radius 3 is 2.08 bits per heavy atom. The molecule has 0 aromatic heterocycles. The average Bonchev–Trinajstić information content (AvgIpc) is 3.25. The average molecular weight is 332 g/mol. The van der Waals surface area contributed by atoms with Gasteiger partial charge in [-0.2, -0.15) is 0 Å². The molecular formula is C20H28O4. The number of ether oxygens (including phenoxy) is 1. The van der Waals surface area contributed by atoms with Crippen molar-refractivity contribution in [3.05, 3.63) is 24.3 Å². The summed E-state index contributed by atoms with van der Waals surface area (Å²) < 4.78 is 4.82. The van der Waals surface area contributed by atoms with Gasteiger partial charge in [-0.05, 0) is 57.3 Å². The molecule has 132 valence electrons. The van der Waals surface area contributed by atoms with Crippen molar-refractivity contribution in [3.63, 3.8) is 0 Å². The monoisotopic (exact) mass is 332 g/mol. The number of carboxylic acid groups (broad SMARTS) is 1. The van der Waals surface area contributed by atoms with E-state index in [0.29, 0.717) is 17.8 Å². The van der Waals surface area contributed by atoms with Crippen molar-refractivity contribution in [3.8, 4) is 0 Å². The molecule has 0 amide bonds. The van der Waals surface area contributed by atoms with Gasteiger partial charge in [-0.25, -0.2) is 0 Å². The summed E-state index contributed by atoms with van der Waals surface area (Å²) in [5, 5.41) is 9.13. The minimum atomic E-state index is -0.642. The number of hydrogen-bond donors (Lipinski definition) is 1. The molecule has 0 spiro atoms. The van der Waals surface area contributed by atoms with Crippen LogP contribution < -0.4 is 0 Å². The zero-order valence-corrected chi connectivity index (χ0v) is 15.0. The summed E-state index contributed by atoms with van der Waals surface area (Å²) >= 11 is 0. The molecule has 4 aliphatic rings. The Hall–Kier alpha value is -1.58. The predicted octanol–water partition coefficient (Wildman–Crippen LogP) is 3.83. The van der Waals surface area contributed by atoms with Gasteiger partial charge in [-0.15, -0.1) is 0 Å². The number of carbonyl (C=O) groups excluding carboxylic acids is 1. The van der Waals surface area contributed by atoms with Crippen LogP contribution in [-0.4, -0.2) is 24.2 Å². The number of aliphatic carboxylic acids is 1. The summed E-state index contributed by atoms with van der Waals surface area (Å²) in [6.07, 6.45) is 12.6. The molecule has 2 fully saturated rings. The van der Waals surface area contributed by atoms with E-state index in [1.165, 1.54) is 7.11 Å². The minimum Gasteiger partial charge on any atom is -0.481 e. The molecule has 4 aliphatic carbocycles. The van der Waals surface area contributed by atoms with E-state index in [2.05, 4.69) is 31.2 Å². The Labute approximate surface area is 144 Å². The zero-order chi connectivity index (χ0) is 17.8. The molecule has 2 saturated carbocycles. The fourth-order valence-electron chi connectivity index (χ4n) is 5.23. The second kappa shape index (κ2) is 5.47. The summed E-state index contributed by atoms with van der Waals surface area (Å²) in [5.74, 6) is 0.876. The maximum absolute atomic E-state index is 11.5. The van der Waals surface area contributed by atoms with E-state index in [1.807, 2.05) is 13.8 Å². The summed E-state index contributed by atoms with van der Waals surface area (Å²) in [6, 6.07) is 0. The molecule has 4 nitrogen and oxygen atoms in total. The molecule has 4 rings (SSSR count). The van der Waals surface area contributed by atoms with Crippen LogP contribution in [0, 0.1) is 34.0 Å². The van der Waals surface area contributed by atoms with E-state index in [0.717, 1.165) is 25.7 Å². The molecule has 0 aromatic rings. The van der Waals surface area contributed by atoms with Gasteiger partial charge in [-0.3, -0.25) is 9.59 Å². The van der Waals surface area contributed by atoms with Crippen LogP contribution in [0.15, 0.2) is 24.3 Å². The molecule has 0 aliphatic heterocycles. The predicted molar refractivity (Wildman–Crippen MR) is 91.2 cm³/mol. The molecule has 0 radical (unpaired) electrons. The summed E-state index contributed by atoms with van der Waals surface area (Å²) in [7, 11) is 1.48. The van der Waals surface area contributed by atoms with Gasteiger partial charge in [0.05, 0.1) is 17.9 Å². The molecule has 0 aromatic carbocycles. The van der Waals surface area contributed by atoms with Crippen molar-refractivity contribution in [2.45, 2.75) is 46.5 Å². The second-order valence-corrected chi connectivity index (χ2v) is 8.68. The SMILES string of the molecule is CC12C=CC(C1)CC2(C)C(=O)O.COC(=O)C1(C)CC2C=CC1C2. The Morgan fingerprint density at radius 1 is 1.04 bits per heavy atom. The van der Waals surface area contributed by atoms with Gasteiger partial charge in [0.25, 0.3) is 0 Å². The lowest BCUT2D eigenvalue weighted by Crippen LogP contribution is -2.38. The number of methoxy groups -OCH3 is 1. The van der Waals surface area contributed by atoms with Crippen LogP contribution in [-0.2, 0) is 14.3 Å². The van der Waals surface area contributed by atoms with Crippen LogP contribution in [0.1, 0.15) is 46.5 Å². The number of carbonyl (C=O) groups is 2. The maximum Gasteiger partial charge on any atom is 0.312 e. The van der Waals surface area contributed by atoms with Gasteiger partial charge in [0.15, 0.2) is 0 Å². The first-order chi connectivity index (χ1) is 11.1. The molecule has 6 atom stereocenters. The third-order valence-corrected chi connectivity index (χ3v) is 7.15. The molecule has 4 heteroatoms. The Morgan fingerprint density at radius 2 is 1.75 bits per heavy atom. The Kier molecular flexibility index (Phi) is 3.93. The van der Waals surface area contributed by atoms with Crippen molar-refractivity contribution in [1.82, 2.24) is 0 Å². The van der Waals surface area contributed by atoms with Gasteiger partial charge < -0.3 is 9.84 Å². The molecule has 1 N–H and O–H groups in total. The molecule has 24 heavy (non-hydrogen) atoms. The maximum atomic E-state index is 11.5. The van der Waals surface area contributed by atoms with Crippen molar-refractivity contribution in [2.75, 3.05) is 7.11 Å². The summed E-state index contributed by atoms with van der Waals surface area (Å²) in [6.45, 7) is 5.95. The normalized spacial score (nSPS) is 46.8. The van der Waals surface area contributed by atoms with E-state index in [9.17, 15) is 9.59 Å². The number of allylic oxidation sites excluding steroid dienone is 4. The highest BCUT2D eigenvalue weighted by molar-refractivity contribution is 5.78. The van der Waals surface area contributed by atoms with Crippen LogP contribution in [0.2, 0.25) is 0 Å². The highest BCUT2D eigenvalue weighted by Gasteiger charge is 2.58. The van der Waals surface area contributed by atoms with Gasteiger partial charge in [0, 0.05) is 5.41 Å². The fourth-order valence-corrected chi connectivity index (χ4v) is 5.23. The van der Waals surface area contributed by atoms with E-state index in [-0.39, 0.29) is 16.8 Å². The smallest absolute Gasteiger partial charge is 0.312 e. The first kappa shape index (κ1) is 17.2. The van der Waals surface area contributed by atoms with Crippen molar-refractivity contribution in [1.29, 1.82) is 0 Å². The topological polar surface area (TPSA) is 63.6 Å². The van der Waals surface area contributed by atoms with Crippen LogP contribution in [0.3, 0.4) is 0 Å². The molecule has 4 bridgehead atoms. The molecule has 0 saturated heterocycles. The van der Waals surface area contributed by atoms with Gasteiger partial charge >= 0.3 is 11.9 Å². The first-order valence-electron chi connectivity index (χ1n) is 8.84. The standard InChI is InChI=1S/2C10H14O2/c1-9-4-3-7(5-9)6-10(9,2)8(11)12;1-10(9(11)12-2)6-7-3-4-8(10)5-7/h3-4,7H,5-6H2,1-2H3,(H,11,12);3-4,7-8H,5-6H2,1-2H3. The number of fused-ring (bicyclic) bond motifs is 4. The highest BCUT2D eigenvalue weighted by Crippen LogP contribution is 2.60. The number of esters is 1. The third kappa shape index (κ3) is 2.34. The van der Waals surface area contributed by atoms with Gasteiger partial charge in [0.1, 0.15) is 0 Å². The molecule has 6 unspecified atom stereocenters. The number of carboxylic acids is 1. The molecular weight excluding hydrogens is 304 g/mol. The summed E-state index contributed by atoms with van der Waals surface area (Å²) in [5.41, 5.74) is -0.843. The number of hydrogen-bond acceptors (Lipinski definition) is 3. The quantitative estimate of drug-likeness (QED) is 0.617. The van der Waals surface area contributed by atoms with Gasteiger partial charge in [0.2, 0.25) is 0 Å². The first-order valence-corrected chi connectivity index (χ1v) is 8.84. The minimum absolute atomic E-state index is 0.0423. The highest BCUT2D eigenvalue weighted by atomic mass is 16.5. The van der Waals surface area contributed by atoms with Crippen LogP contribution in [0.25, 0.3) is 0 Å². The Bertz CT molecular complexity index is 621. The van der Waals surface area contributed by atoms with Crippen molar-refractivity contribution in [2.24, 2.45) is 34.0 Å². The van der Waals surface area contributed by atoms with Crippen LogP contribution in [0.4, 0.5) is 0 Å². The van der Waals surface area contributed by atoms with Gasteiger partial charge in [-0.1, -0.05) is 31.2 Å². The third-order valence-electron chi connectivity index (χ3n) is 7.15. The molecule has 0 heterocycles. The second-order valence-electron chi connectivity index (χ2n) is 8.68. The van der Waals surface area contributed by atoms with Crippen LogP contribution in [0.5, 0.6) is 0 Å².